The van der Waals surface area contributed by atoms with Crippen LogP contribution in [-0.2, 0) is 4.79 Å². The fraction of sp³-hybridized carbons (Fsp3) is 0.614. The molecule has 0 radical (unpaired) electrons. The Morgan fingerprint density at radius 1 is 0.422 bits per heavy atom. The SMILES string of the molecule is CCCCC.CCCCCCCCCCCC[N+](C)(C)CC[N+](C)(CCC)CCCCCCOc1ccc(C(=O)c2ccccc2)cc1.CCCN(C)C(=O)CC.O=C(c1ccccc1)c1ccc(OCCCCCCBr)cc1.[I-].[I-].[K+].[OH-]. The Morgan fingerprint density at radius 3 is 1.17 bits per heavy atom. The molecule has 9 nitrogen and oxygen atoms in total. The number of unbranched alkanes of at least 4 members (excludes halogenated alkanes) is 17. The van der Waals surface area contributed by atoms with Crippen LogP contribution in [0.4, 0.5) is 0 Å². The van der Waals surface area contributed by atoms with Crippen LogP contribution in [0.5, 0.6) is 11.5 Å². The van der Waals surface area contributed by atoms with E-state index in [2.05, 4.69) is 71.7 Å². The molecule has 4 aromatic rings. The number of quaternary nitrogens is 2. The number of halogens is 3. The van der Waals surface area contributed by atoms with Crippen molar-refractivity contribution >= 4 is 33.4 Å². The fourth-order valence-corrected chi connectivity index (χ4v) is 9.80. The number of ketones is 2. The first-order valence-corrected chi connectivity index (χ1v) is 32.5. The summed E-state index contributed by atoms with van der Waals surface area (Å²) in [6.07, 6.45) is 30.7. The van der Waals surface area contributed by atoms with E-state index in [9.17, 15) is 14.4 Å². The largest absolute Gasteiger partial charge is 1.00 e. The predicted octanol–water partition coefficient (Wildman–Crippen LogP) is 9.26. The van der Waals surface area contributed by atoms with Crippen LogP contribution >= 0.6 is 15.9 Å². The Kier molecular flexibility index (Phi) is 62.1. The molecule has 0 aromatic heterocycles. The number of amides is 1. The van der Waals surface area contributed by atoms with Crippen LogP contribution in [0.25, 0.3) is 0 Å². The minimum atomic E-state index is 0. The van der Waals surface area contributed by atoms with E-state index in [-0.39, 0.29) is 122 Å². The monoisotopic (exact) mass is 1470 g/mol. The first-order valence-electron chi connectivity index (χ1n) is 31.3. The first-order chi connectivity index (χ1) is 38.2. The van der Waals surface area contributed by atoms with Gasteiger partial charge in [0.15, 0.2) is 11.6 Å². The van der Waals surface area contributed by atoms with E-state index in [1.807, 2.05) is 123 Å². The Hall–Kier alpha value is -1.25. The molecule has 0 aliphatic rings. The van der Waals surface area contributed by atoms with Crippen LogP contribution in [0.3, 0.4) is 0 Å². The van der Waals surface area contributed by atoms with Gasteiger partial charge in [0.2, 0.25) is 5.91 Å². The maximum Gasteiger partial charge on any atom is 1.00 e. The Balaban J connectivity index is -0.000000646. The van der Waals surface area contributed by atoms with Crippen molar-refractivity contribution < 1.29 is 138 Å². The molecule has 0 saturated heterocycles. The maximum absolute atomic E-state index is 12.6. The number of benzene rings is 4. The van der Waals surface area contributed by atoms with Gasteiger partial charge >= 0.3 is 51.4 Å². The number of rotatable bonds is 40. The molecular weight excluding hydrogens is 1350 g/mol. The summed E-state index contributed by atoms with van der Waals surface area (Å²) in [7, 11) is 9.21. The molecule has 13 heteroatoms. The second-order valence-electron chi connectivity index (χ2n) is 22.5. The third-order valence-corrected chi connectivity index (χ3v) is 15.1. The Labute approximate surface area is 593 Å². The zero-order valence-electron chi connectivity index (χ0n) is 54.2. The van der Waals surface area contributed by atoms with Crippen molar-refractivity contribution in [2.45, 2.75) is 196 Å². The molecule has 1 amide bonds. The summed E-state index contributed by atoms with van der Waals surface area (Å²) in [6, 6.07) is 33.7. The standard InChI is InChI=1S/C39H66N2O2.C19H21BrO2.C7H15NO.C5H12.2HI.K.H2O/c1-6-8-9-10-11-12-13-14-15-21-31-40(3,4)33-34-41(5,30-7-2)32-22-16-17-23-35-43-38-28-26-37(27-29-38)39(42)36-24-19-18-20-25-36;20-14-6-1-2-7-15-22-18-12-10-17(11-13-18)19(21)16-8-4-3-5-9-16;1-4-6-8(3)7(9)5-2;1-3-5-4-2;;;;/h18-20,24-29H,6-17,21-23,30-35H2,1-5H3;3-5,8-13H,1-2,6-7,14-15H2;4-6H2,1-3H3;3-5H2,1-2H3;2*1H;;1H2/q+2;;;;;;+1;/p-3. The minimum absolute atomic E-state index is 0. The van der Waals surface area contributed by atoms with Crippen molar-refractivity contribution in [3.05, 3.63) is 131 Å². The molecule has 0 aliphatic heterocycles. The van der Waals surface area contributed by atoms with Crippen molar-refractivity contribution in [3.8, 4) is 11.5 Å². The second kappa shape index (κ2) is 58.4. The average Bonchev–Trinajstić information content (AvgIpc) is 3.47. The molecule has 0 saturated carbocycles. The van der Waals surface area contributed by atoms with Crippen LogP contribution in [0.2, 0.25) is 0 Å². The van der Waals surface area contributed by atoms with Crippen molar-refractivity contribution in [1.29, 1.82) is 0 Å². The van der Waals surface area contributed by atoms with Gasteiger partial charge in [-0.05, 0) is 113 Å². The number of carbonyl (C=O) groups excluding carboxylic acids is 3. The summed E-state index contributed by atoms with van der Waals surface area (Å²) in [6.45, 7) is 21.8. The van der Waals surface area contributed by atoms with Gasteiger partial charge in [-0.1, -0.05) is 202 Å². The van der Waals surface area contributed by atoms with E-state index in [0.717, 1.165) is 65.9 Å². The third-order valence-electron chi connectivity index (χ3n) is 14.6. The number of hydrogen-bond donors (Lipinski definition) is 0. The van der Waals surface area contributed by atoms with E-state index in [1.54, 1.807) is 4.90 Å². The first kappa shape index (κ1) is 88.2. The summed E-state index contributed by atoms with van der Waals surface area (Å²) in [5.41, 5.74) is 2.82. The molecule has 0 aliphatic carbocycles. The normalized spacial score (nSPS) is 11.1. The van der Waals surface area contributed by atoms with Gasteiger partial charge in [0.05, 0.1) is 54.0 Å². The van der Waals surface area contributed by atoms with Crippen LogP contribution in [0.1, 0.15) is 227 Å². The number of hydrogen-bond acceptors (Lipinski definition) is 6. The van der Waals surface area contributed by atoms with Gasteiger partial charge in [-0.25, -0.2) is 0 Å². The molecule has 83 heavy (non-hydrogen) atoms. The van der Waals surface area contributed by atoms with Crippen LogP contribution < -0.4 is 109 Å². The molecular formula is C70H115BrI2KN3O6. The molecule has 1 atom stereocenters. The van der Waals surface area contributed by atoms with Crippen molar-refractivity contribution in [1.82, 2.24) is 4.90 Å². The van der Waals surface area contributed by atoms with E-state index < -0.39 is 0 Å². The molecule has 468 valence electrons. The molecule has 0 bridgehead atoms. The molecule has 1 unspecified atom stereocenters. The second-order valence-corrected chi connectivity index (χ2v) is 23.3. The predicted molar refractivity (Wildman–Crippen MR) is 344 cm³/mol. The van der Waals surface area contributed by atoms with Gasteiger partial charge in [0, 0.05) is 47.6 Å². The summed E-state index contributed by atoms with van der Waals surface area (Å²) >= 11 is 3.43. The molecule has 0 heterocycles. The van der Waals surface area contributed by atoms with E-state index >= 15 is 0 Å². The fourth-order valence-electron chi connectivity index (χ4n) is 9.41. The molecule has 4 aromatic carbocycles. The summed E-state index contributed by atoms with van der Waals surface area (Å²) in [4.78, 5) is 37.5. The van der Waals surface area contributed by atoms with Gasteiger partial charge in [-0.15, -0.1) is 0 Å². The number of likely N-dealkylation sites (N-methyl/N-ethyl adjacent to an activating group) is 2. The van der Waals surface area contributed by atoms with Crippen molar-refractivity contribution in [3.63, 3.8) is 0 Å². The topological polar surface area (TPSA) is 103 Å². The average molecular weight is 1470 g/mol. The zero-order chi connectivity index (χ0) is 58.3. The summed E-state index contributed by atoms with van der Waals surface area (Å²) < 4.78 is 14.0. The van der Waals surface area contributed by atoms with Crippen molar-refractivity contribution in [2.24, 2.45) is 0 Å². The van der Waals surface area contributed by atoms with E-state index in [1.165, 1.54) is 166 Å². The van der Waals surface area contributed by atoms with Crippen LogP contribution in [-0.4, -0.2) is 123 Å². The van der Waals surface area contributed by atoms with Crippen LogP contribution in [0.15, 0.2) is 109 Å². The minimum Gasteiger partial charge on any atom is -1.00 e. The number of ether oxygens (including phenoxy) is 2. The van der Waals surface area contributed by atoms with Gasteiger partial charge in [-0.3, -0.25) is 14.4 Å². The third kappa shape index (κ3) is 45.6. The van der Waals surface area contributed by atoms with Crippen LogP contribution in [0, 0.1) is 0 Å². The quantitative estimate of drug-likeness (QED) is 0.0110. The summed E-state index contributed by atoms with van der Waals surface area (Å²) in [5.74, 6) is 2.00. The number of carbonyl (C=O) groups is 3. The Bertz CT molecular complexity index is 2090. The van der Waals surface area contributed by atoms with E-state index in [0.29, 0.717) is 23.1 Å². The number of nitrogens with zero attached hydrogens (tertiary/aromatic N) is 3. The number of alkyl halides is 1. The van der Waals surface area contributed by atoms with Crippen molar-refractivity contribution in [2.75, 3.05) is 86.0 Å². The zero-order valence-corrected chi connectivity index (χ0v) is 63.2. The summed E-state index contributed by atoms with van der Waals surface area (Å²) in [5, 5.41) is 1.07. The Morgan fingerprint density at radius 2 is 0.795 bits per heavy atom. The van der Waals surface area contributed by atoms with Gasteiger partial charge in [0.1, 0.15) is 24.6 Å². The molecule has 0 spiro atoms. The molecule has 1 N–H and O–H groups in total. The van der Waals surface area contributed by atoms with Gasteiger partial charge in [-0.2, -0.15) is 0 Å². The molecule has 0 fully saturated rings. The maximum atomic E-state index is 12.6. The molecule has 4 rings (SSSR count). The smallest absolute Gasteiger partial charge is 1.00 e. The van der Waals surface area contributed by atoms with Gasteiger partial charge < -0.3 is 76.8 Å². The van der Waals surface area contributed by atoms with Gasteiger partial charge in [0.25, 0.3) is 0 Å². The van der Waals surface area contributed by atoms with E-state index in [4.69, 9.17) is 9.47 Å².